The van der Waals surface area contributed by atoms with Gasteiger partial charge in [-0.05, 0) is 32.4 Å². The number of nitrogens with one attached hydrogen (secondary N) is 1. The molecule has 4 nitrogen and oxygen atoms in total. The zero-order chi connectivity index (χ0) is 18.3. The zero-order valence-electron chi connectivity index (χ0n) is 15.7. The van der Waals surface area contributed by atoms with Crippen LogP contribution in [0.1, 0.15) is 46.5 Å². The average Bonchev–Trinajstić information content (AvgIpc) is 2.63. The molecule has 25 heavy (non-hydrogen) atoms. The Morgan fingerprint density at radius 1 is 1.08 bits per heavy atom. The second kappa shape index (κ2) is 8.86. The molecule has 1 atom stereocenters. The van der Waals surface area contributed by atoms with Gasteiger partial charge < -0.3 is 14.8 Å². The summed E-state index contributed by atoms with van der Waals surface area (Å²) in [6, 6.07) is 11.7. The first-order chi connectivity index (χ1) is 12.1. The lowest BCUT2D eigenvalue weighted by molar-refractivity contribution is -0.136. The highest BCUT2D eigenvalue weighted by Gasteiger charge is 2.32. The molecule has 0 aliphatic rings. The van der Waals surface area contributed by atoms with E-state index < -0.39 is 5.60 Å². The van der Waals surface area contributed by atoms with Gasteiger partial charge in [0.15, 0.2) is 0 Å². The Morgan fingerprint density at radius 2 is 1.80 bits per heavy atom. The van der Waals surface area contributed by atoms with Gasteiger partial charge in [-0.1, -0.05) is 50.5 Å². The second-order valence-electron chi connectivity index (χ2n) is 6.44. The molecular weight excluding hydrogens is 314 g/mol. The summed E-state index contributed by atoms with van der Waals surface area (Å²) in [6.07, 6.45) is 3.89. The van der Waals surface area contributed by atoms with Crippen molar-refractivity contribution < 1.29 is 14.3 Å². The highest BCUT2D eigenvalue weighted by atomic mass is 16.5. The normalized spacial score (nSPS) is 13.4. The molecule has 2 aromatic carbocycles. The van der Waals surface area contributed by atoms with Crippen molar-refractivity contribution in [2.45, 2.75) is 52.1 Å². The lowest BCUT2D eigenvalue weighted by Gasteiger charge is -2.27. The summed E-state index contributed by atoms with van der Waals surface area (Å²) in [6.45, 7) is 6.57. The van der Waals surface area contributed by atoms with Crippen molar-refractivity contribution in [1.29, 1.82) is 0 Å². The number of ether oxygens (including phenoxy) is 2. The van der Waals surface area contributed by atoms with Gasteiger partial charge in [0.25, 0.3) is 5.91 Å². The van der Waals surface area contributed by atoms with Crippen molar-refractivity contribution in [2.24, 2.45) is 0 Å². The van der Waals surface area contributed by atoms with Crippen LogP contribution in [0.4, 0.5) is 5.69 Å². The first-order valence-corrected chi connectivity index (χ1v) is 9.07. The average molecular weight is 343 g/mol. The predicted octanol–water partition coefficient (Wildman–Crippen LogP) is 5.16. The maximum atomic E-state index is 12.8. The summed E-state index contributed by atoms with van der Waals surface area (Å²) in [4.78, 5) is 12.8. The molecule has 2 aromatic rings. The number of benzene rings is 2. The lowest BCUT2D eigenvalue weighted by Crippen LogP contribution is -2.42. The Balaban J connectivity index is 2.27. The number of amides is 1. The van der Waals surface area contributed by atoms with Gasteiger partial charge in [0.05, 0.1) is 6.61 Å². The Bertz CT molecular complexity index is 713. The topological polar surface area (TPSA) is 47.6 Å². The van der Waals surface area contributed by atoms with Crippen LogP contribution in [0, 0.1) is 0 Å². The van der Waals surface area contributed by atoms with E-state index in [0.29, 0.717) is 13.0 Å². The van der Waals surface area contributed by atoms with Crippen LogP contribution < -0.4 is 10.1 Å². The van der Waals surface area contributed by atoms with Crippen molar-refractivity contribution in [3.63, 3.8) is 0 Å². The molecule has 0 spiro atoms. The number of carbonyl (C=O) groups excluding carboxylic acids is 1. The fourth-order valence-corrected chi connectivity index (χ4v) is 2.94. The van der Waals surface area contributed by atoms with Gasteiger partial charge >= 0.3 is 0 Å². The Hall–Kier alpha value is -2.07. The Kier molecular flexibility index (Phi) is 6.82. The first kappa shape index (κ1) is 19.3. The third-order valence-electron chi connectivity index (χ3n) is 4.62. The Labute approximate surface area is 150 Å². The lowest BCUT2D eigenvalue weighted by atomic mass is 9.96. The van der Waals surface area contributed by atoms with Crippen LogP contribution in [-0.4, -0.2) is 25.2 Å². The van der Waals surface area contributed by atoms with Gasteiger partial charge in [0, 0.05) is 23.6 Å². The smallest absolute Gasteiger partial charge is 0.256 e. The van der Waals surface area contributed by atoms with E-state index >= 15 is 0 Å². The summed E-state index contributed by atoms with van der Waals surface area (Å²) in [5, 5.41) is 5.01. The SMILES string of the molecule is CCCCCC(C)(OC)C(=O)Nc1ccc(OCC)c2ccccc12. The molecule has 0 radical (unpaired) electrons. The van der Waals surface area contributed by atoms with Gasteiger partial charge in [0.2, 0.25) is 0 Å². The quantitative estimate of drug-likeness (QED) is 0.640. The largest absolute Gasteiger partial charge is 0.493 e. The van der Waals surface area contributed by atoms with Gasteiger partial charge in [-0.2, -0.15) is 0 Å². The number of methoxy groups -OCH3 is 1. The maximum Gasteiger partial charge on any atom is 0.256 e. The fraction of sp³-hybridized carbons (Fsp3) is 0.476. The first-order valence-electron chi connectivity index (χ1n) is 9.07. The fourth-order valence-electron chi connectivity index (χ4n) is 2.94. The van der Waals surface area contributed by atoms with Crippen LogP contribution in [0.2, 0.25) is 0 Å². The zero-order valence-corrected chi connectivity index (χ0v) is 15.7. The molecule has 0 aliphatic carbocycles. The van der Waals surface area contributed by atoms with E-state index in [1.54, 1.807) is 7.11 Å². The summed E-state index contributed by atoms with van der Waals surface area (Å²) in [7, 11) is 1.60. The molecule has 136 valence electrons. The number of fused-ring (bicyclic) bond motifs is 1. The third-order valence-corrected chi connectivity index (χ3v) is 4.62. The van der Waals surface area contributed by atoms with Crippen molar-refractivity contribution in [2.75, 3.05) is 19.0 Å². The van der Waals surface area contributed by atoms with E-state index in [4.69, 9.17) is 9.47 Å². The van der Waals surface area contributed by atoms with Crippen LogP contribution in [-0.2, 0) is 9.53 Å². The van der Waals surface area contributed by atoms with Crippen molar-refractivity contribution in [1.82, 2.24) is 0 Å². The molecular formula is C21H29NO3. The molecule has 0 fully saturated rings. The van der Waals surface area contributed by atoms with Crippen LogP contribution in [0.5, 0.6) is 5.75 Å². The van der Waals surface area contributed by atoms with Crippen LogP contribution in [0.25, 0.3) is 10.8 Å². The molecule has 1 amide bonds. The molecule has 2 rings (SSSR count). The summed E-state index contributed by atoms with van der Waals surface area (Å²) < 4.78 is 11.3. The molecule has 0 bridgehead atoms. The van der Waals surface area contributed by atoms with E-state index in [1.807, 2.05) is 50.2 Å². The molecule has 0 saturated heterocycles. The molecule has 4 heteroatoms. The Morgan fingerprint density at radius 3 is 2.44 bits per heavy atom. The molecule has 0 aliphatic heterocycles. The summed E-state index contributed by atoms with van der Waals surface area (Å²) in [5.74, 6) is 0.717. The van der Waals surface area contributed by atoms with E-state index in [1.165, 1.54) is 0 Å². The predicted molar refractivity (Wildman–Crippen MR) is 103 cm³/mol. The van der Waals surface area contributed by atoms with Crippen LogP contribution >= 0.6 is 0 Å². The van der Waals surface area contributed by atoms with E-state index in [2.05, 4.69) is 12.2 Å². The number of carbonyl (C=O) groups is 1. The minimum Gasteiger partial charge on any atom is -0.493 e. The summed E-state index contributed by atoms with van der Waals surface area (Å²) in [5.41, 5.74) is -0.0442. The van der Waals surface area contributed by atoms with Crippen molar-refractivity contribution in [3.8, 4) is 5.75 Å². The monoisotopic (exact) mass is 343 g/mol. The maximum absolute atomic E-state index is 12.8. The van der Waals surface area contributed by atoms with Gasteiger partial charge in [0.1, 0.15) is 11.4 Å². The molecule has 1 unspecified atom stereocenters. The minimum atomic E-state index is -0.825. The highest BCUT2D eigenvalue weighted by molar-refractivity contribution is 6.06. The van der Waals surface area contributed by atoms with Crippen molar-refractivity contribution in [3.05, 3.63) is 36.4 Å². The number of hydrogen-bond donors (Lipinski definition) is 1. The summed E-state index contributed by atoms with van der Waals surface area (Å²) >= 11 is 0. The van der Waals surface area contributed by atoms with Crippen LogP contribution in [0.15, 0.2) is 36.4 Å². The number of rotatable bonds is 9. The second-order valence-corrected chi connectivity index (χ2v) is 6.44. The van der Waals surface area contributed by atoms with E-state index in [-0.39, 0.29) is 5.91 Å². The third kappa shape index (κ3) is 4.51. The van der Waals surface area contributed by atoms with Crippen molar-refractivity contribution >= 4 is 22.4 Å². The van der Waals surface area contributed by atoms with Gasteiger partial charge in [-0.15, -0.1) is 0 Å². The number of unbranched alkanes of at least 4 members (excludes halogenated alkanes) is 2. The standard InChI is InChI=1S/C21H29NO3/c1-5-7-10-15-21(3,24-4)20(23)22-18-13-14-19(25-6-2)17-12-9-8-11-16(17)18/h8-9,11-14H,5-7,10,15H2,1-4H3,(H,22,23). The highest BCUT2D eigenvalue weighted by Crippen LogP contribution is 2.32. The van der Waals surface area contributed by atoms with E-state index in [0.717, 1.165) is 41.5 Å². The molecule has 1 N–H and O–H groups in total. The van der Waals surface area contributed by atoms with Crippen LogP contribution in [0.3, 0.4) is 0 Å². The molecule has 0 aromatic heterocycles. The molecule has 0 heterocycles. The number of anilines is 1. The van der Waals surface area contributed by atoms with Gasteiger partial charge in [-0.25, -0.2) is 0 Å². The van der Waals surface area contributed by atoms with Gasteiger partial charge in [-0.3, -0.25) is 4.79 Å². The number of hydrogen-bond acceptors (Lipinski definition) is 3. The minimum absolute atomic E-state index is 0.111. The van der Waals surface area contributed by atoms with E-state index in [9.17, 15) is 4.79 Å². The molecule has 0 saturated carbocycles.